The Morgan fingerprint density at radius 3 is 2.79 bits per heavy atom. The van der Waals surface area contributed by atoms with Gasteiger partial charge in [-0.15, -0.1) is 0 Å². The predicted octanol–water partition coefficient (Wildman–Crippen LogP) is 2.79. The molecule has 1 N–H and O–H groups in total. The lowest BCUT2D eigenvalue weighted by Crippen LogP contribution is -2.52. The van der Waals surface area contributed by atoms with Gasteiger partial charge >= 0.3 is 0 Å². The van der Waals surface area contributed by atoms with Crippen LogP contribution >= 0.6 is 0 Å². The van der Waals surface area contributed by atoms with Gasteiger partial charge in [-0.1, -0.05) is 36.4 Å². The van der Waals surface area contributed by atoms with Gasteiger partial charge in [-0.3, -0.25) is 10.1 Å². The minimum Gasteiger partial charge on any atom is -0.366 e. The van der Waals surface area contributed by atoms with E-state index in [9.17, 15) is 9.18 Å². The first-order valence-electron chi connectivity index (χ1n) is 10.3. The molecule has 0 aromatic heterocycles. The molecule has 0 saturated carbocycles. The van der Waals surface area contributed by atoms with E-state index in [-0.39, 0.29) is 36.1 Å². The van der Waals surface area contributed by atoms with Crippen molar-refractivity contribution in [3.8, 4) is 0 Å². The van der Waals surface area contributed by atoms with E-state index in [1.807, 2.05) is 24.0 Å². The summed E-state index contributed by atoms with van der Waals surface area (Å²) in [4.78, 5) is 15.4. The second kappa shape index (κ2) is 7.52. The van der Waals surface area contributed by atoms with Crippen LogP contribution in [0.3, 0.4) is 0 Å². The average Bonchev–Trinajstić information content (AvgIpc) is 3.12. The fourth-order valence-corrected chi connectivity index (χ4v) is 4.86. The van der Waals surface area contributed by atoms with Crippen LogP contribution in [0, 0.1) is 5.82 Å². The summed E-state index contributed by atoms with van der Waals surface area (Å²) in [7, 11) is 0. The third kappa shape index (κ3) is 3.45. The highest BCUT2D eigenvalue weighted by Gasteiger charge is 2.43. The summed E-state index contributed by atoms with van der Waals surface area (Å²) in [5.74, 6) is -0.285. The van der Waals surface area contributed by atoms with Crippen LogP contribution in [0.5, 0.6) is 0 Å². The zero-order chi connectivity index (χ0) is 20.0. The zero-order valence-corrected chi connectivity index (χ0v) is 16.4. The molecule has 3 aliphatic rings. The standard InChI is InChI=1S/C23H25FN2O3/c1-14-25-19-12-20(28-13-21(19)29-14)23(27)26-11-10-15-4-2-3-5-18(15)22(26)16-6-8-17(24)9-7-16/h2-9,14,19-22,25H,10-13H2,1H3/t14-,19+,20-,21+,22+/m1/s1. The zero-order valence-electron chi connectivity index (χ0n) is 16.4. The van der Waals surface area contributed by atoms with E-state index >= 15 is 0 Å². The summed E-state index contributed by atoms with van der Waals surface area (Å²) in [5.41, 5.74) is 3.25. The van der Waals surface area contributed by atoms with E-state index in [4.69, 9.17) is 9.47 Å². The van der Waals surface area contributed by atoms with Crippen molar-refractivity contribution in [3.05, 3.63) is 71.0 Å². The van der Waals surface area contributed by atoms with Crippen molar-refractivity contribution in [2.45, 2.75) is 50.3 Å². The number of nitrogens with zero attached hydrogens (tertiary/aromatic N) is 1. The van der Waals surface area contributed by atoms with Crippen LogP contribution in [0.2, 0.25) is 0 Å². The number of amides is 1. The summed E-state index contributed by atoms with van der Waals surface area (Å²) >= 11 is 0. The normalized spacial score (nSPS) is 31.2. The minimum absolute atomic E-state index is 0.00373. The molecule has 1 amide bonds. The Morgan fingerprint density at radius 2 is 1.97 bits per heavy atom. The maximum atomic E-state index is 13.5. The number of hydrogen-bond donors (Lipinski definition) is 1. The van der Waals surface area contributed by atoms with Gasteiger partial charge in [-0.2, -0.15) is 0 Å². The molecule has 5 rings (SSSR count). The molecule has 3 heterocycles. The molecule has 6 heteroatoms. The topological polar surface area (TPSA) is 50.8 Å². The third-order valence-corrected chi connectivity index (χ3v) is 6.23. The molecule has 29 heavy (non-hydrogen) atoms. The Balaban J connectivity index is 1.45. The number of benzene rings is 2. The molecule has 2 aromatic carbocycles. The molecule has 0 spiro atoms. The van der Waals surface area contributed by atoms with Gasteiger partial charge in [0.25, 0.3) is 5.91 Å². The van der Waals surface area contributed by atoms with Crippen molar-refractivity contribution in [1.29, 1.82) is 0 Å². The molecule has 0 unspecified atom stereocenters. The molecule has 2 saturated heterocycles. The maximum absolute atomic E-state index is 13.5. The molecular weight excluding hydrogens is 371 g/mol. The van der Waals surface area contributed by atoms with Gasteiger partial charge in [-0.25, -0.2) is 4.39 Å². The first-order chi connectivity index (χ1) is 14.1. The number of fused-ring (bicyclic) bond motifs is 2. The SMILES string of the molecule is C[C@@H]1N[C@H]2C[C@H](C(=O)N3CCc4ccccc4[C@@H]3c3ccc(F)cc3)OC[C@@H]2O1. The molecular formula is C23H25FN2O3. The lowest BCUT2D eigenvalue weighted by molar-refractivity contribution is -0.154. The molecule has 2 aromatic rings. The number of nitrogens with one attached hydrogen (secondary N) is 1. The number of hydrogen-bond acceptors (Lipinski definition) is 4. The summed E-state index contributed by atoms with van der Waals surface area (Å²) in [6.45, 7) is 3.01. The average molecular weight is 396 g/mol. The van der Waals surface area contributed by atoms with Gasteiger partial charge in [0.1, 0.15) is 18.1 Å². The van der Waals surface area contributed by atoms with Crippen LogP contribution in [0.1, 0.15) is 36.1 Å². The molecule has 3 aliphatic heterocycles. The molecule has 0 aliphatic carbocycles. The summed E-state index contributed by atoms with van der Waals surface area (Å²) in [6, 6.07) is 14.5. The fourth-order valence-electron chi connectivity index (χ4n) is 4.86. The highest BCUT2D eigenvalue weighted by molar-refractivity contribution is 5.82. The largest absolute Gasteiger partial charge is 0.366 e. The van der Waals surface area contributed by atoms with Gasteiger partial charge in [0.2, 0.25) is 0 Å². The predicted molar refractivity (Wildman–Crippen MR) is 106 cm³/mol. The number of halogens is 1. The lowest BCUT2D eigenvalue weighted by atomic mass is 9.87. The van der Waals surface area contributed by atoms with Crippen LogP contribution in [0.4, 0.5) is 4.39 Å². The monoisotopic (exact) mass is 396 g/mol. The van der Waals surface area contributed by atoms with Crippen LogP contribution < -0.4 is 5.32 Å². The number of carbonyl (C=O) groups excluding carboxylic acids is 1. The third-order valence-electron chi connectivity index (χ3n) is 6.23. The summed E-state index contributed by atoms with van der Waals surface area (Å²) in [5, 5.41) is 3.39. The number of carbonyl (C=O) groups is 1. The minimum atomic E-state index is -0.495. The van der Waals surface area contributed by atoms with E-state index in [2.05, 4.69) is 17.4 Å². The first-order valence-corrected chi connectivity index (χ1v) is 10.3. The van der Waals surface area contributed by atoms with E-state index in [0.717, 1.165) is 17.5 Å². The van der Waals surface area contributed by atoms with Crippen molar-refractivity contribution < 1.29 is 18.7 Å². The van der Waals surface area contributed by atoms with Gasteiger partial charge < -0.3 is 14.4 Å². The van der Waals surface area contributed by atoms with Crippen molar-refractivity contribution in [2.24, 2.45) is 0 Å². The van der Waals surface area contributed by atoms with E-state index in [1.54, 1.807) is 12.1 Å². The molecule has 152 valence electrons. The Bertz CT molecular complexity index is 903. The smallest absolute Gasteiger partial charge is 0.252 e. The Hall–Kier alpha value is -2.28. The van der Waals surface area contributed by atoms with Crippen LogP contribution in [0.15, 0.2) is 48.5 Å². The highest BCUT2D eigenvalue weighted by Crippen LogP contribution is 2.36. The second-order valence-electron chi connectivity index (χ2n) is 8.08. The quantitative estimate of drug-likeness (QED) is 0.848. The Morgan fingerprint density at radius 1 is 1.17 bits per heavy atom. The summed E-state index contributed by atoms with van der Waals surface area (Å²) < 4.78 is 25.3. The molecule has 5 nitrogen and oxygen atoms in total. The van der Waals surface area contributed by atoms with Crippen molar-refractivity contribution in [3.63, 3.8) is 0 Å². The van der Waals surface area contributed by atoms with Gasteiger partial charge in [-0.05, 0) is 42.2 Å². The second-order valence-corrected chi connectivity index (χ2v) is 8.08. The molecule has 0 radical (unpaired) electrons. The fraction of sp³-hybridized carbons (Fsp3) is 0.435. The van der Waals surface area contributed by atoms with E-state index < -0.39 is 6.10 Å². The van der Waals surface area contributed by atoms with Crippen molar-refractivity contribution >= 4 is 5.91 Å². The lowest BCUT2D eigenvalue weighted by Gasteiger charge is -2.41. The Labute approximate surface area is 169 Å². The Kier molecular flexibility index (Phi) is 4.86. The van der Waals surface area contributed by atoms with Crippen LogP contribution in [-0.4, -0.2) is 48.4 Å². The van der Waals surface area contributed by atoms with Crippen molar-refractivity contribution in [2.75, 3.05) is 13.2 Å². The van der Waals surface area contributed by atoms with Gasteiger partial charge in [0.15, 0.2) is 0 Å². The maximum Gasteiger partial charge on any atom is 0.252 e. The van der Waals surface area contributed by atoms with Crippen LogP contribution in [-0.2, 0) is 20.7 Å². The van der Waals surface area contributed by atoms with Gasteiger partial charge in [0, 0.05) is 19.0 Å². The molecule has 0 bridgehead atoms. The summed E-state index contributed by atoms with van der Waals surface area (Å²) in [6.07, 6.45) is 0.894. The van der Waals surface area contributed by atoms with E-state index in [0.29, 0.717) is 19.6 Å². The van der Waals surface area contributed by atoms with Crippen molar-refractivity contribution in [1.82, 2.24) is 10.2 Å². The number of ether oxygens (including phenoxy) is 2. The van der Waals surface area contributed by atoms with E-state index in [1.165, 1.54) is 17.7 Å². The first kappa shape index (κ1) is 18.7. The highest BCUT2D eigenvalue weighted by atomic mass is 19.1. The molecule has 2 fully saturated rings. The van der Waals surface area contributed by atoms with Crippen LogP contribution in [0.25, 0.3) is 0 Å². The number of rotatable bonds is 2. The molecule has 5 atom stereocenters. The van der Waals surface area contributed by atoms with Gasteiger partial charge in [0.05, 0.1) is 18.8 Å².